The van der Waals surface area contributed by atoms with Gasteiger partial charge >= 0.3 is 0 Å². The van der Waals surface area contributed by atoms with Crippen LogP contribution in [0.3, 0.4) is 0 Å². The highest BCUT2D eigenvalue weighted by Crippen LogP contribution is 2.25. The van der Waals surface area contributed by atoms with Crippen LogP contribution in [0.5, 0.6) is 0 Å². The van der Waals surface area contributed by atoms with Crippen LogP contribution in [0, 0.1) is 5.82 Å². The molecule has 1 aromatic rings. The zero-order valence-electron chi connectivity index (χ0n) is 11.4. The Morgan fingerprint density at radius 1 is 1.45 bits per heavy atom. The summed E-state index contributed by atoms with van der Waals surface area (Å²) in [5.74, 6) is -0.980. The summed E-state index contributed by atoms with van der Waals surface area (Å²) in [4.78, 5) is 12.1. The van der Waals surface area contributed by atoms with Crippen molar-refractivity contribution in [3.05, 3.63) is 24.0 Å². The lowest BCUT2D eigenvalue weighted by Crippen LogP contribution is -2.33. The molecule has 1 aromatic carbocycles. The van der Waals surface area contributed by atoms with Gasteiger partial charge in [0.2, 0.25) is 5.91 Å². The van der Waals surface area contributed by atoms with Gasteiger partial charge in [-0.3, -0.25) is 9.00 Å². The Hall–Kier alpha value is -1.43. The average molecular weight is 298 g/mol. The summed E-state index contributed by atoms with van der Waals surface area (Å²) < 4.78 is 25.8. The first-order valence-corrected chi connectivity index (χ1v) is 8.02. The van der Waals surface area contributed by atoms with Crippen molar-refractivity contribution < 1.29 is 13.4 Å². The third kappa shape index (κ3) is 3.36. The summed E-state index contributed by atoms with van der Waals surface area (Å²) in [5.41, 5.74) is 5.96. The van der Waals surface area contributed by atoms with E-state index in [1.807, 2.05) is 0 Å². The van der Waals surface area contributed by atoms with Crippen LogP contribution >= 0.6 is 0 Å². The van der Waals surface area contributed by atoms with Crippen LogP contribution in [0.1, 0.15) is 32.6 Å². The van der Waals surface area contributed by atoms with Crippen LogP contribution in [-0.2, 0) is 15.6 Å². The molecule has 1 aliphatic carbocycles. The van der Waals surface area contributed by atoms with Gasteiger partial charge in [0.05, 0.1) is 5.69 Å². The number of nitrogens with one attached hydrogen (secondary N) is 1. The molecular weight excluding hydrogens is 279 g/mol. The Balaban J connectivity index is 2.03. The minimum absolute atomic E-state index is 0.0327. The number of hydrogen-bond donors (Lipinski definition) is 2. The van der Waals surface area contributed by atoms with E-state index in [2.05, 4.69) is 5.32 Å². The predicted molar refractivity (Wildman–Crippen MR) is 79.3 cm³/mol. The number of amides is 1. The molecule has 1 saturated carbocycles. The average Bonchev–Trinajstić information content (AvgIpc) is 2.95. The zero-order chi connectivity index (χ0) is 14.7. The second kappa shape index (κ2) is 6.35. The van der Waals surface area contributed by atoms with E-state index < -0.39 is 27.8 Å². The number of halogens is 1. The van der Waals surface area contributed by atoms with Gasteiger partial charge in [0, 0.05) is 21.7 Å². The lowest BCUT2D eigenvalue weighted by Gasteiger charge is -2.16. The Morgan fingerprint density at radius 3 is 2.75 bits per heavy atom. The van der Waals surface area contributed by atoms with Gasteiger partial charge < -0.3 is 11.1 Å². The quantitative estimate of drug-likeness (QED) is 0.839. The summed E-state index contributed by atoms with van der Waals surface area (Å²) in [6.45, 7) is 1.62. The molecule has 6 heteroatoms. The number of carbonyl (C=O) groups excluding carboxylic acids is 1. The summed E-state index contributed by atoms with van der Waals surface area (Å²) in [5, 5.41) is 1.90. The van der Waals surface area contributed by atoms with E-state index >= 15 is 0 Å². The molecule has 0 saturated heterocycles. The fraction of sp³-hybridized carbons (Fsp3) is 0.500. The van der Waals surface area contributed by atoms with Gasteiger partial charge in [0.15, 0.2) is 0 Å². The molecule has 1 aliphatic rings. The molecule has 2 unspecified atom stereocenters. The first kappa shape index (κ1) is 15.0. The third-order valence-electron chi connectivity index (χ3n) is 3.60. The molecule has 2 rings (SSSR count). The lowest BCUT2D eigenvalue weighted by molar-refractivity contribution is -0.115. The topological polar surface area (TPSA) is 72.2 Å². The molecule has 1 fully saturated rings. The second-order valence-electron chi connectivity index (χ2n) is 5.11. The number of nitrogen functional groups attached to an aromatic ring is 1. The second-order valence-corrected chi connectivity index (χ2v) is 7.14. The van der Waals surface area contributed by atoms with Crippen molar-refractivity contribution in [3.63, 3.8) is 0 Å². The highest BCUT2D eigenvalue weighted by molar-refractivity contribution is 7.87. The molecule has 0 radical (unpaired) electrons. The molecule has 0 aromatic heterocycles. The number of benzene rings is 1. The van der Waals surface area contributed by atoms with E-state index in [9.17, 15) is 13.4 Å². The van der Waals surface area contributed by atoms with Gasteiger partial charge in [-0.1, -0.05) is 12.8 Å². The summed E-state index contributed by atoms with van der Waals surface area (Å²) in [6, 6.07) is 3.98. The van der Waals surface area contributed by atoms with E-state index in [0.717, 1.165) is 25.7 Å². The Morgan fingerprint density at radius 2 is 2.10 bits per heavy atom. The van der Waals surface area contributed by atoms with Crippen LogP contribution < -0.4 is 11.1 Å². The molecule has 4 nitrogen and oxygen atoms in total. The van der Waals surface area contributed by atoms with E-state index in [4.69, 9.17) is 5.73 Å². The number of nitrogens with two attached hydrogens (primary N) is 1. The number of hydrogen-bond acceptors (Lipinski definition) is 3. The highest BCUT2D eigenvalue weighted by Gasteiger charge is 2.29. The summed E-state index contributed by atoms with van der Waals surface area (Å²) >= 11 is 0. The molecule has 1 amide bonds. The van der Waals surface area contributed by atoms with Crippen LogP contribution in [0.25, 0.3) is 0 Å². The van der Waals surface area contributed by atoms with E-state index in [0.29, 0.717) is 5.69 Å². The molecule has 0 bridgehead atoms. The van der Waals surface area contributed by atoms with Gasteiger partial charge in [-0.25, -0.2) is 4.39 Å². The number of anilines is 2. The summed E-state index contributed by atoms with van der Waals surface area (Å²) in [6.07, 6.45) is 3.93. The van der Waals surface area contributed by atoms with Crippen LogP contribution in [-0.4, -0.2) is 20.6 Å². The standard InChI is InChI=1S/C14H19FN2O2S/c1-9(20(19)11-4-2-3-5-11)14(18)17-13-8-10(16)6-7-12(13)15/h6-9,11H,2-5,16H2,1H3,(H,17,18). The van der Waals surface area contributed by atoms with Gasteiger partial charge in [-0.2, -0.15) is 0 Å². The minimum Gasteiger partial charge on any atom is -0.399 e. The highest BCUT2D eigenvalue weighted by atomic mass is 32.2. The zero-order valence-corrected chi connectivity index (χ0v) is 12.2. The maximum Gasteiger partial charge on any atom is 0.239 e. The maximum atomic E-state index is 13.5. The van der Waals surface area contributed by atoms with Gasteiger partial charge in [-0.15, -0.1) is 0 Å². The Labute approximate surface area is 120 Å². The van der Waals surface area contributed by atoms with Crippen molar-refractivity contribution in [1.29, 1.82) is 0 Å². The van der Waals surface area contributed by atoms with Gasteiger partial charge in [0.25, 0.3) is 0 Å². The molecular formula is C14H19FN2O2S. The SMILES string of the molecule is CC(C(=O)Nc1cc(N)ccc1F)S(=O)C1CCCC1. The van der Waals surface area contributed by atoms with Crippen molar-refractivity contribution in [2.45, 2.75) is 43.1 Å². The fourth-order valence-electron chi connectivity index (χ4n) is 2.39. The molecule has 0 aliphatic heterocycles. The molecule has 3 N–H and O–H groups in total. The first-order chi connectivity index (χ1) is 9.49. The molecule has 20 heavy (non-hydrogen) atoms. The first-order valence-electron chi connectivity index (χ1n) is 6.74. The van der Waals surface area contributed by atoms with Crippen LogP contribution in [0.4, 0.5) is 15.8 Å². The summed E-state index contributed by atoms with van der Waals surface area (Å²) in [7, 11) is -1.22. The number of rotatable bonds is 4. The normalized spacial score (nSPS) is 18.7. The maximum absolute atomic E-state index is 13.5. The van der Waals surface area contributed by atoms with Gasteiger partial charge in [-0.05, 0) is 38.0 Å². The number of carbonyl (C=O) groups is 1. The van der Waals surface area contributed by atoms with Crippen molar-refractivity contribution in [2.75, 3.05) is 11.1 Å². The van der Waals surface area contributed by atoms with Gasteiger partial charge in [0.1, 0.15) is 11.1 Å². The van der Waals surface area contributed by atoms with E-state index in [1.54, 1.807) is 6.92 Å². The van der Waals surface area contributed by atoms with Crippen molar-refractivity contribution >= 4 is 28.1 Å². The van der Waals surface area contributed by atoms with E-state index in [-0.39, 0.29) is 10.9 Å². The monoisotopic (exact) mass is 298 g/mol. The minimum atomic E-state index is -1.22. The third-order valence-corrected chi connectivity index (χ3v) is 5.64. The molecule has 0 heterocycles. The van der Waals surface area contributed by atoms with E-state index in [1.165, 1.54) is 18.2 Å². The van der Waals surface area contributed by atoms with Crippen molar-refractivity contribution in [1.82, 2.24) is 0 Å². The van der Waals surface area contributed by atoms with Crippen LogP contribution in [0.15, 0.2) is 18.2 Å². The fourth-order valence-corrected chi connectivity index (χ4v) is 4.03. The molecule has 110 valence electrons. The lowest BCUT2D eigenvalue weighted by atomic mass is 10.2. The van der Waals surface area contributed by atoms with Crippen molar-refractivity contribution in [3.8, 4) is 0 Å². The largest absolute Gasteiger partial charge is 0.399 e. The smallest absolute Gasteiger partial charge is 0.239 e. The molecule has 0 spiro atoms. The Kier molecular flexibility index (Phi) is 4.75. The predicted octanol–water partition coefficient (Wildman–Crippen LogP) is 2.43. The Bertz CT molecular complexity index is 530. The molecule has 2 atom stereocenters. The van der Waals surface area contributed by atoms with Crippen molar-refractivity contribution in [2.24, 2.45) is 0 Å². The van der Waals surface area contributed by atoms with Crippen LogP contribution in [0.2, 0.25) is 0 Å².